The maximum Gasteiger partial charge on any atom is 0.204 e. The zero-order valence-electron chi connectivity index (χ0n) is 9.11. The minimum Gasteiger partial charge on any atom is -0.494 e. The van der Waals surface area contributed by atoms with Gasteiger partial charge in [-0.3, -0.25) is 4.57 Å². The molecule has 2 aromatic rings. The van der Waals surface area contributed by atoms with E-state index in [0.29, 0.717) is 5.56 Å². The number of benzene rings is 1. The molecule has 1 aromatic heterocycles. The van der Waals surface area contributed by atoms with E-state index in [9.17, 15) is 19.0 Å². The summed E-state index contributed by atoms with van der Waals surface area (Å²) >= 11 is 0. The number of rotatable bonds is 2. The van der Waals surface area contributed by atoms with Crippen molar-refractivity contribution < 1.29 is 19.0 Å². The number of alkyl halides is 1. The van der Waals surface area contributed by atoms with Crippen LogP contribution in [0, 0.1) is 12.7 Å². The zero-order chi connectivity index (χ0) is 12.6. The lowest BCUT2D eigenvalue weighted by atomic mass is 10.2. The first-order valence-corrected chi connectivity index (χ1v) is 4.99. The van der Waals surface area contributed by atoms with Gasteiger partial charge in [-0.25, -0.2) is 8.78 Å². The summed E-state index contributed by atoms with van der Waals surface area (Å²) in [5, 5.41) is 19.3. The number of aromatic nitrogens is 1. The molecule has 1 aromatic carbocycles. The van der Waals surface area contributed by atoms with Crippen LogP contribution in [0.4, 0.5) is 8.78 Å². The third-order valence-corrected chi connectivity index (χ3v) is 2.59. The minimum absolute atomic E-state index is 0.0360. The van der Waals surface area contributed by atoms with Crippen molar-refractivity contribution in [2.75, 3.05) is 0 Å². The van der Waals surface area contributed by atoms with Crippen molar-refractivity contribution in [3.63, 3.8) is 0 Å². The van der Waals surface area contributed by atoms with E-state index in [-0.39, 0.29) is 17.1 Å². The van der Waals surface area contributed by atoms with E-state index in [0.717, 1.165) is 16.7 Å². The third-order valence-electron chi connectivity index (χ3n) is 2.59. The summed E-state index contributed by atoms with van der Waals surface area (Å²) in [4.78, 5) is 0. The molecule has 5 heteroatoms. The highest BCUT2D eigenvalue weighted by Crippen LogP contribution is 2.33. The fraction of sp³-hybridized carbons (Fsp3) is 0.167. The fourth-order valence-corrected chi connectivity index (χ4v) is 1.70. The van der Waals surface area contributed by atoms with Crippen LogP contribution in [0.5, 0.6) is 11.8 Å². The molecular weight excluding hydrogens is 228 g/mol. The van der Waals surface area contributed by atoms with Gasteiger partial charge in [0.05, 0.1) is 5.69 Å². The number of halogens is 2. The molecule has 0 saturated carbocycles. The number of aryl methyl sites for hydroxylation is 1. The molecule has 1 heterocycles. The Morgan fingerprint density at radius 3 is 2.53 bits per heavy atom. The van der Waals surface area contributed by atoms with Gasteiger partial charge in [0.2, 0.25) is 5.88 Å². The molecule has 0 fully saturated rings. The standard InChI is InChI=1S/C12H11F2NO2/c1-7-2-3-9(14)5-10(7)15-11(16)4-8(6-13)12(15)17/h2-5,16-17H,6H2,1H3. The molecule has 2 rings (SSSR count). The number of aromatic hydroxyl groups is 2. The second-order valence-corrected chi connectivity index (χ2v) is 3.75. The molecule has 2 N–H and O–H groups in total. The Balaban J connectivity index is 2.68. The molecule has 90 valence electrons. The fourth-order valence-electron chi connectivity index (χ4n) is 1.70. The lowest BCUT2D eigenvalue weighted by Gasteiger charge is -2.10. The molecule has 0 unspecified atom stereocenters. The lowest BCUT2D eigenvalue weighted by Crippen LogP contribution is -1.97. The van der Waals surface area contributed by atoms with Crippen molar-refractivity contribution in [1.29, 1.82) is 0 Å². The molecule has 0 atom stereocenters. The van der Waals surface area contributed by atoms with Crippen molar-refractivity contribution in [2.24, 2.45) is 0 Å². The predicted molar refractivity (Wildman–Crippen MR) is 58.6 cm³/mol. The average Bonchev–Trinajstić information content (AvgIpc) is 2.58. The Hall–Kier alpha value is -2.04. The van der Waals surface area contributed by atoms with E-state index in [1.165, 1.54) is 12.1 Å². The monoisotopic (exact) mass is 239 g/mol. The van der Waals surface area contributed by atoms with Gasteiger partial charge >= 0.3 is 0 Å². The van der Waals surface area contributed by atoms with E-state index in [1.807, 2.05) is 0 Å². The molecule has 0 aliphatic heterocycles. The van der Waals surface area contributed by atoms with E-state index in [1.54, 1.807) is 6.92 Å². The van der Waals surface area contributed by atoms with Crippen LogP contribution in [0.1, 0.15) is 11.1 Å². The van der Waals surface area contributed by atoms with Crippen LogP contribution < -0.4 is 0 Å². The van der Waals surface area contributed by atoms with Crippen LogP contribution in [0.3, 0.4) is 0 Å². The first-order valence-electron chi connectivity index (χ1n) is 4.99. The summed E-state index contributed by atoms with van der Waals surface area (Å²) in [7, 11) is 0. The Kier molecular flexibility index (Phi) is 2.75. The van der Waals surface area contributed by atoms with Crippen LogP contribution in [0.25, 0.3) is 5.69 Å². The van der Waals surface area contributed by atoms with Crippen LogP contribution in [-0.4, -0.2) is 14.8 Å². The molecule has 17 heavy (non-hydrogen) atoms. The van der Waals surface area contributed by atoms with Gasteiger partial charge in [-0.1, -0.05) is 6.07 Å². The molecule has 0 amide bonds. The Bertz CT molecular complexity index is 564. The van der Waals surface area contributed by atoms with Gasteiger partial charge in [-0.2, -0.15) is 0 Å². The lowest BCUT2D eigenvalue weighted by molar-refractivity contribution is 0.392. The van der Waals surface area contributed by atoms with E-state index in [2.05, 4.69) is 0 Å². The predicted octanol–water partition coefficient (Wildman–Crippen LogP) is 2.81. The van der Waals surface area contributed by atoms with E-state index in [4.69, 9.17) is 0 Å². The second kappa shape index (κ2) is 4.08. The summed E-state index contributed by atoms with van der Waals surface area (Å²) in [6.45, 7) is 0.795. The molecule has 0 saturated heterocycles. The van der Waals surface area contributed by atoms with Gasteiger partial charge in [0.25, 0.3) is 0 Å². The highest BCUT2D eigenvalue weighted by Gasteiger charge is 2.16. The highest BCUT2D eigenvalue weighted by atomic mass is 19.1. The largest absolute Gasteiger partial charge is 0.494 e. The molecule has 0 aliphatic carbocycles. The van der Waals surface area contributed by atoms with Crippen LogP contribution in [0.15, 0.2) is 24.3 Å². The first kappa shape index (κ1) is 11.4. The van der Waals surface area contributed by atoms with Crippen LogP contribution in [-0.2, 0) is 6.67 Å². The Morgan fingerprint density at radius 2 is 1.94 bits per heavy atom. The first-order chi connectivity index (χ1) is 8.04. The van der Waals surface area contributed by atoms with Gasteiger partial charge in [0.15, 0.2) is 5.88 Å². The van der Waals surface area contributed by atoms with E-state index < -0.39 is 18.4 Å². The quantitative estimate of drug-likeness (QED) is 0.846. The van der Waals surface area contributed by atoms with Crippen LogP contribution in [0.2, 0.25) is 0 Å². The Morgan fingerprint density at radius 1 is 1.24 bits per heavy atom. The van der Waals surface area contributed by atoms with Crippen molar-refractivity contribution in [2.45, 2.75) is 13.6 Å². The topological polar surface area (TPSA) is 45.4 Å². The van der Waals surface area contributed by atoms with Crippen molar-refractivity contribution in [3.05, 3.63) is 41.2 Å². The molecule has 0 aliphatic rings. The smallest absolute Gasteiger partial charge is 0.204 e. The van der Waals surface area contributed by atoms with E-state index >= 15 is 0 Å². The van der Waals surface area contributed by atoms with Crippen molar-refractivity contribution >= 4 is 0 Å². The summed E-state index contributed by atoms with van der Waals surface area (Å²) in [5.41, 5.74) is 0.892. The molecule has 3 nitrogen and oxygen atoms in total. The number of hydrogen-bond donors (Lipinski definition) is 2. The van der Waals surface area contributed by atoms with Gasteiger partial charge in [-0.15, -0.1) is 0 Å². The molecule has 0 bridgehead atoms. The van der Waals surface area contributed by atoms with Crippen molar-refractivity contribution in [3.8, 4) is 17.4 Å². The summed E-state index contributed by atoms with van der Waals surface area (Å²) < 4.78 is 26.7. The van der Waals surface area contributed by atoms with Gasteiger partial charge in [0.1, 0.15) is 12.5 Å². The minimum atomic E-state index is -0.902. The maximum atomic E-state index is 13.1. The number of nitrogens with zero attached hydrogens (tertiary/aromatic N) is 1. The zero-order valence-corrected chi connectivity index (χ0v) is 9.11. The molecule has 0 spiro atoms. The number of hydrogen-bond acceptors (Lipinski definition) is 2. The van der Waals surface area contributed by atoms with Crippen LogP contribution >= 0.6 is 0 Å². The summed E-state index contributed by atoms with van der Waals surface area (Å²) in [6.07, 6.45) is 0. The summed E-state index contributed by atoms with van der Waals surface area (Å²) in [6, 6.07) is 5.06. The molecular formula is C12H11F2NO2. The van der Waals surface area contributed by atoms with Gasteiger partial charge in [-0.05, 0) is 24.6 Å². The maximum absolute atomic E-state index is 13.1. The second-order valence-electron chi connectivity index (χ2n) is 3.75. The normalized spacial score (nSPS) is 10.8. The highest BCUT2D eigenvalue weighted by molar-refractivity contribution is 5.50. The van der Waals surface area contributed by atoms with Gasteiger partial charge in [0, 0.05) is 11.6 Å². The Labute approximate surface area is 96.6 Å². The SMILES string of the molecule is Cc1ccc(F)cc1-n1c(O)cc(CF)c1O. The third kappa shape index (κ3) is 1.84. The van der Waals surface area contributed by atoms with Gasteiger partial charge < -0.3 is 10.2 Å². The summed E-state index contributed by atoms with van der Waals surface area (Å²) in [5.74, 6) is -1.25. The average molecular weight is 239 g/mol. The molecule has 0 radical (unpaired) electrons. The van der Waals surface area contributed by atoms with Crippen molar-refractivity contribution in [1.82, 2.24) is 4.57 Å².